The molecule has 0 radical (unpaired) electrons. The molecule has 1 amide bonds. The molecule has 2 nitrogen and oxygen atoms in total. The Kier molecular flexibility index (Phi) is 4.68. The van der Waals surface area contributed by atoms with E-state index < -0.39 is 17.5 Å². The van der Waals surface area contributed by atoms with Crippen LogP contribution in [-0.2, 0) is 0 Å². The summed E-state index contributed by atoms with van der Waals surface area (Å²) in [6, 6.07) is 2.67. The molecule has 1 atom stereocenters. The normalized spacial score (nSPS) is 12.2. The maximum atomic E-state index is 12.8. The Morgan fingerprint density at radius 2 is 1.94 bits per heavy atom. The minimum Gasteiger partial charge on any atom is -0.351 e. The van der Waals surface area contributed by atoms with Crippen LogP contribution in [0.25, 0.3) is 0 Å². The molecule has 0 bridgehead atoms. The summed E-state index contributed by atoms with van der Waals surface area (Å²) in [6.45, 7) is 2.15. The maximum Gasteiger partial charge on any atom is 0.251 e. The van der Waals surface area contributed by atoms with Crippen molar-refractivity contribution in [3.05, 3.63) is 35.4 Å². The smallest absolute Gasteiger partial charge is 0.251 e. The summed E-state index contributed by atoms with van der Waals surface area (Å²) in [6.07, 6.45) is 0.708. The molecule has 0 aliphatic heterocycles. The van der Waals surface area contributed by atoms with E-state index in [-0.39, 0.29) is 17.5 Å². The van der Waals surface area contributed by atoms with Gasteiger partial charge in [0.2, 0.25) is 0 Å². The molecule has 0 aliphatic carbocycles. The second-order valence-corrected chi connectivity index (χ2v) is 3.99. The molecule has 0 spiro atoms. The van der Waals surface area contributed by atoms with Gasteiger partial charge in [-0.05, 0) is 18.6 Å². The van der Waals surface area contributed by atoms with E-state index in [1.807, 2.05) is 6.92 Å². The van der Waals surface area contributed by atoms with E-state index >= 15 is 0 Å². The van der Waals surface area contributed by atoms with Gasteiger partial charge in [-0.25, -0.2) is 8.78 Å². The van der Waals surface area contributed by atoms with Gasteiger partial charge in [0.05, 0.1) is 5.38 Å². The van der Waals surface area contributed by atoms with Crippen molar-refractivity contribution < 1.29 is 13.6 Å². The average molecular weight is 248 g/mol. The topological polar surface area (TPSA) is 29.1 Å². The van der Waals surface area contributed by atoms with Crippen LogP contribution >= 0.6 is 11.6 Å². The number of hydrogen-bond acceptors (Lipinski definition) is 1. The summed E-state index contributed by atoms with van der Waals surface area (Å²) in [5.41, 5.74) is -0.0440. The molecular formula is C11H12ClF2NO. The molecule has 0 aliphatic rings. The highest BCUT2D eigenvalue weighted by Gasteiger charge is 2.10. The molecule has 0 aromatic heterocycles. The number of amides is 1. The van der Waals surface area contributed by atoms with E-state index in [0.29, 0.717) is 12.5 Å². The van der Waals surface area contributed by atoms with Crippen LogP contribution in [0, 0.1) is 11.6 Å². The van der Waals surface area contributed by atoms with Crippen LogP contribution in [0.5, 0.6) is 0 Å². The number of rotatable bonds is 4. The monoisotopic (exact) mass is 247 g/mol. The summed E-state index contributed by atoms with van der Waals surface area (Å²) in [5, 5.41) is 2.32. The van der Waals surface area contributed by atoms with Crippen molar-refractivity contribution in [1.29, 1.82) is 0 Å². The zero-order valence-corrected chi connectivity index (χ0v) is 9.52. The molecule has 1 rings (SSSR count). The Morgan fingerprint density at radius 3 is 2.44 bits per heavy atom. The first-order valence-electron chi connectivity index (χ1n) is 4.91. The van der Waals surface area contributed by atoms with Crippen LogP contribution in [0.2, 0.25) is 0 Å². The molecule has 1 unspecified atom stereocenters. The first kappa shape index (κ1) is 12.9. The van der Waals surface area contributed by atoms with Gasteiger partial charge in [-0.2, -0.15) is 0 Å². The van der Waals surface area contributed by atoms with Gasteiger partial charge in [-0.3, -0.25) is 4.79 Å². The highest BCUT2D eigenvalue weighted by atomic mass is 35.5. The lowest BCUT2D eigenvalue weighted by Crippen LogP contribution is -2.29. The highest BCUT2D eigenvalue weighted by molar-refractivity contribution is 6.20. The highest BCUT2D eigenvalue weighted by Crippen LogP contribution is 2.08. The van der Waals surface area contributed by atoms with Crippen molar-refractivity contribution in [2.75, 3.05) is 6.54 Å². The fourth-order valence-electron chi connectivity index (χ4n) is 1.13. The number of hydrogen-bond donors (Lipinski definition) is 1. The lowest BCUT2D eigenvalue weighted by atomic mass is 10.2. The lowest BCUT2D eigenvalue weighted by Gasteiger charge is -2.08. The number of nitrogens with one attached hydrogen (secondary N) is 1. The third-order valence-electron chi connectivity index (χ3n) is 2.05. The van der Waals surface area contributed by atoms with Crippen LogP contribution in [0.15, 0.2) is 18.2 Å². The van der Waals surface area contributed by atoms with Crippen LogP contribution < -0.4 is 5.32 Å². The van der Waals surface area contributed by atoms with E-state index in [4.69, 9.17) is 11.6 Å². The third kappa shape index (κ3) is 3.77. The minimum absolute atomic E-state index is 0.0440. The second-order valence-electron chi connectivity index (χ2n) is 3.37. The third-order valence-corrected chi connectivity index (χ3v) is 2.51. The summed E-state index contributed by atoms with van der Waals surface area (Å²) in [4.78, 5) is 11.5. The van der Waals surface area contributed by atoms with Gasteiger partial charge in [0, 0.05) is 18.2 Å². The first-order chi connectivity index (χ1) is 7.52. The van der Waals surface area contributed by atoms with Crippen molar-refractivity contribution in [2.24, 2.45) is 0 Å². The van der Waals surface area contributed by atoms with Gasteiger partial charge < -0.3 is 5.32 Å². The number of halogens is 3. The Labute approximate surface area is 97.6 Å². The van der Waals surface area contributed by atoms with E-state index in [1.54, 1.807) is 0 Å². The molecule has 0 fully saturated rings. The predicted molar refractivity (Wildman–Crippen MR) is 58.6 cm³/mol. The number of carbonyl (C=O) groups is 1. The molecule has 0 saturated carbocycles. The molecule has 1 aromatic rings. The molecule has 0 heterocycles. The largest absolute Gasteiger partial charge is 0.351 e. The van der Waals surface area contributed by atoms with E-state index in [2.05, 4.69) is 5.32 Å². The summed E-state index contributed by atoms with van der Waals surface area (Å²) >= 11 is 5.80. The van der Waals surface area contributed by atoms with Crippen LogP contribution in [-0.4, -0.2) is 17.8 Å². The van der Waals surface area contributed by atoms with Crippen molar-refractivity contribution in [1.82, 2.24) is 5.32 Å². The van der Waals surface area contributed by atoms with E-state index in [9.17, 15) is 13.6 Å². The molecule has 5 heteroatoms. The predicted octanol–water partition coefficient (Wildman–Crippen LogP) is 2.71. The van der Waals surface area contributed by atoms with E-state index in [1.165, 1.54) is 0 Å². The number of benzene rings is 1. The Balaban J connectivity index is 2.66. The first-order valence-corrected chi connectivity index (χ1v) is 5.35. The van der Waals surface area contributed by atoms with Crippen LogP contribution in [0.4, 0.5) is 8.78 Å². The van der Waals surface area contributed by atoms with Crippen molar-refractivity contribution in [3.8, 4) is 0 Å². The molecule has 16 heavy (non-hydrogen) atoms. The van der Waals surface area contributed by atoms with Gasteiger partial charge >= 0.3 is 0 Å². The van der Waals surface area contributed by atoms with Gasteiger partial charge in [0.25, 0.3) is 5.91 Å². The van der Waals surface area contributed by atoms with Gasteiger partial charge in [-0.15, -0.1) is 11.6 Å². The van der Waals surface area contributed by atoms with Crippen LogP contribution in [0.1, 0.15) is 23.7 Å². The van der Waals surface area contributed by atoms with Crippen molar-refractivity contribution in [3.63, 3.8) is 0 Å². The van der Waals surface area contributed by atoms with Gasteiger partial charge in [0.1, 0.15) is 11.6 Å². The Hall–Kier alpha value is -1.16. The molecular weight excluding hydrogens is 236 g/mol. The van der Waals surface area contributed by atoms with E-state index in [0.717, 1.165) is 12.1 Å². The minimum atomic E-state index is -0.775. The summed E-state index contributed by atoms with van der Waals surface area (Å²) in [5.74, 6) is -2.08. The van der Waals surface area contributed by atoms with Crippen molar-refractivity contribution in [2.45, 2.75) is 18.7 Å². The SMILES string of the molecule is CCC(Cl)CNC(=O)c1cc(F)cc(F)c1. The number of carbonyl (C=O) groups excluding carboxylic acids is 1. The molecule has 1 aromatic carbocycles. The van der Waals surface area contributed by atoms with Gasteiger partial charge in [-0.1, -0.05) is 6.92 Å². The summed E-state index contributed by atoms with van der Waals surface area (Å²) < 4.78 is 25.6. The zero-order chi connectivity index (χ0) is 12.1. The quantitative estimate of drug-likeness (QED) is 0.815. The van der Waals surface area contributed by atoms with Crippen molar-refractivity contribution >= 4 is 17.5 Å². The zero-order valence-electron chi connectivity index (χ0n) is 8.77. The molecule has 0 saturated heterocycles. The summed E-state index contributed by atoms with van der Waals surface area (Å²) in [7, 11) is 0. The number of alkyl halides is 1. The Bertz CT molecular complexity index is 364. The Morgan fingerprint density at radius 1 is 1.38 bits per heavy atom. The molecule has 88 valence electrons. The van der Waals surface area contributed by atoms with Gasteiger partial charge in [0.15, 0.2) is 0 Å². The fraction of sp³-hybridized carbons (Fsp3) is 0.364. The lowest BCUT2D eigenvalue weighted by molar-refractivity contribution is 0.0952. The fourth-order valence-corrected chi connectivity index (χ4v) is 1.21. The average Bonchev–Trinajstić information content (AvgIpc) is 2.23. The standard InChI is InChI=1S/C11H12ClF2NO/c1-2-8(12)6-15-11(16)7-3-9(13)5-10(14)4-7/h3-5,8H,2,6H2,1H3,(H,15,16). The second kappa shape index (κ2) is 5.80. The molecule has 1 N–H and O–H groups in total. The maximum absolute atomic E-state index is 12.8. The van der Waals surface area contributed by atoms with Crippen LogP contribution in [0.3, 0.4) is 0 Å².